The Morgan fingerprint density at radius 2 is 1.55 bits per heavy atom. The Kier molecular flexibility index (Phi) is 13.0. The van der Waals surface area contributed by atoms with E-state index in [9.17, 15) is 19.2 Å². The van der Waals surface area contributed by atoms with Crippen molar-refractivity contribution in [1.82, 2.24) is 15.4 Å². The molecule has 2 aliphatic rings. The summed E-state index contributed by atoms with van der Waals surface area (Å²) in [5.74, 6) is -0.877. The van der Waals surface area contributed by atoms with Crippen molar-refractivity contribution in [2.75, 3.05) is 19.8 Å². The number of ether oxygens (including phenoxy) is 2. The lowest BCUT2D eigenvalue weighted by Gasteiger charge is -2.18. The lowest BCUT2D eigenvalue weighted by Crippen LogP contribution is -2.38. The number of carbonyl (C=O) groups excluding carboxylic acids is 4. The van der Waals surface area contributed by atoms with Gasteiger partial charge in [-0.2, -0.15) is 10.1 Å². The normalized spacial score (nSPS) is 17.1. The second-order valence-corrected chi connectivity index (χ2v) is 10.6. The largest absolute Gasteiger partial charge is 0.465 e. The lowest BCUT2D eigenvalue weighted by molar-refractivity contribution is -0.143. The van der Waals surface area contributed by atoms with E-state index in [1.165, 1.54) is 10.0 Å². The van der Waals surface area contributed by atoms with Gasteiger partial charge in [0.15, 0.2) is 8.64 Å². The molecule has 1 saturated heterocycles. The summed E-state index contributed by atoms with van der Waals surface area (Å²) in [5, 5.41) is 5.66. The first-order valence-electron chi connectivity index (χ1n) is 10.2. The number of esters is 2. The zero-order chi connectivity index (χ0) is 25.1. The molecule has 1 N–H and O–H groups in total. The molecule has 0 bridgehead atoms. The number of nitrogens with one attached hydrogen (secondary N) is 1. The summed E-state index contributed by atoms with van der Waals surface area (Å²) in [5.41, 5.74) is 3.58. The highest BCUT2D eigenvalue weighted by atomic mass is 32.2. The van der Waals surface area contributed by atoms with Gasteiger partial charge in [-0.05, 0) is 34.6 Å². The molecule has 2 atom stereocenters. The number of hydrogen-bond donors (Lipinski definition) is 1. The van der Waals surface area contributed by atoms with Crippen molar-refractivity contribution >= 4 is 86.1 Å². The Morgan fingerprint density at radius 3 is 1.94 bits per heavy atom. The SMILES string of the molecule is CCOC(=O)C(C)SC(=S)N1N=C(C)CC1=O.CCOC(=O)C(C)SC(=S)N1NCCC1=O. The monoisotopic (exact) mass is 536 g/mol. The molecule has 0 aromatic heterocycles. The number of rotatable bonds is 6. The first kappa shape index (κ1) is 29.4. The van der Waals surface area contributed by atoms with Crippen LogP contribution >= 0.6 is 48.0 Å². The third-order valence-electron chi connectivity index (χ3n) is 3.92. The van der Waals surface area contributed by atoms with Crippen LogP contribution in [-0.4, -0.2) is 78.4 Å². The molecule has 0 aromatic carbocycles. The Labute approximate surface area is 212 Å². The maximum atomic E-state index is 11.5. The van der Waals surface area contributed by atoms with Crippen LogP contribution in [-0.2, 0) is 28.7 Å². The number of amides is 2. The van der Waals surface area contributed by atoms with Crippen LogP contribution in [0.2, 0.25) is 0 Å². The van der Waals surface area contributed by atoms with Gasteiger partial charge in [0, 0.05) is 18.7 Å². The number of carbonyl (C=O) groups is 4. The van der Waals surface area contributed by atoms with Gasteiger partial charge in [0.25, 0.3) is 5.91 Å². The van der Waals surface area contributed by atoms with E-state index < -0.39 is 10.5 Å². The molecule has 0 aromatic rings. The molecule has 1 fully saturated rings. The quantitative estimate of drug-likeness (QED) is 0.398. The Balaban J connectivity index is 0.000000331. The topological polar surface area (TPSA) is 118 Å². The van der Waals surface area contributed by atoms with Gasteiger partial charge in [-0.15, -0.1) is 0 Å². The van der Waals surface area contributed by atoms with Crippen LogP contribution in [0.3, 0.4) is 0 Å². The zero-order valence-corrected chi connectivity index (χ0v) is 22.4. The van der Waals surface area contributed by atoms with E-state index in [2.05, 4.69) is 10.5 Å². The molecule has 184 valence electrons. The molecular weight excluding hydrogens is 508 g/mol. The van der Waals surface area contributed by atoms with Gasteiger partial charge in [0.1, 0.15) is 10.5 Å². The summed E-state index contributed by atoms with van der Waals surface area (Å²) in [6.45, 7) is 9.91. The summed E-state index contributed by atoms with van der Waals surface area (Å²) >= 11 is 12.4. The average molecular weight is 537 g/mol. The van der Waals surface area contributed by atoms with Crippen molar-refractivity contribution < 1.29 is 28.7 Å². The maximum Gasteiger partial charge on any atom is 0.319 e. The van der Waals surface area contributed by atoms with Crippen molar-refractivity contribution in [2.45, 2.75) is 58.0 Å². The van der Waals surface area contributed by atoms with Crippen molar-refractivity contribution in [3.8, 4) is 0 Å². The predicted octanol–water partition coefficient (Wildman–Crippen LogP) is 2.26. The van der Waals surface area contributed by atoms with E-state index in [4.69, 9.17) is 33.9 Å². The average Bonchev–Trinajstić information content (AvgIpc) is 3.33. The van der Waals surface area contributed by atoms with E-state index in [1.54, 1.807) is 34.6 Å². The summed E-state index contributed by atoms with van der Waals surface area (Å²) in [6.07, 6.45) is 0.725. The van der Waals surface area contributed by atoms with Crippen LogP contribution in [0.4, 0.5) is 0 Å². The Morgan fingerprint density at radius 1 is 1.03 bits per heavy atom. The van der Waals surface area contributed by atoms with Crippen molar-refractivity contribution in [2.24, 2.45) is 5.10 Å². The highest BCUT2D eigenvalue weighted by molar-refractivity contribution is 8.24. The van der Waals surface area contributed by atoms with Gasteiger partial charge in [0.05, 0.1) is 19.6 Å². The van der Waals surface area contributed by atoms with Gasteiger partial charge in [-0.3, -0.25) is 19.2 Å². The molecule has 2 rings (SSSR count). The van der Waals surface area contributed by atoms with Crippen LogP contribution in [0.25, 0.3) is 0 Å². The van der Waals surface area contributed by atoms with Gasteiger partial charge < -0.3 is 9.47 Å². The number of nitrogens with zero attached hydrogens (tertiary/aromatic N) is 3. The number of hydrazine groups is 1. The lowest BCUT2D eigenvalue weighted by atomic mass is 10.3. The van der Waals surface area contributed by atoms with E-state index in [0.29, 0.717) is 30.5 Å². The van der Waals surface area contributed by atoms with E-state index in [1.807, 2.05) is 0 Å². The van der Waals surface area contributed by atoms with E-state index in [0.717, 1.165) is 29.2 Å². The van der Waals surface area contributed by atoms with Crippen LogP contribution in [0.5, 0.6) is 0 Å². The fraction of sp³-hybridized carbons (Fsp3) is 0.632. The summed E-state index contributed by atoms with van der Waals surface area (Å²) in [4.78, 5) is 45.6. The second kappa shape index (κ2) is 14.6. The minimum atomic E-state index is -0.439. The highest BCUT2D eigenvalue weighted by Crippen LogP contribution is 2.21. The molecule has 0 spiro atoms. The van der Waals surface area contributed by atoms with Crippen LogP contribution in [0, 0.1) is 0 Å². The molecule has 0 saturated carbocycles. The molecule has 2 heterocycles. The fourth-order valence-electron chi connectivity index (χ4n) is 2.36. The standard InChI is InChI=1S/C10H14N2O3S2.C9H14N2O3S2/c1-4-15-9(14)7(3)17-10(16)12-8(13)5-6(2)11-12;1-3-14-8(13)6(2)16-9(15)11-7(12)4-5-10-11/h7H,4-5H2,1-3H3;6,10H,3-5H2,1-2H3. The molecule has 0 radical (unpaired) electrons. The van der Waals surface area contributed by atoms with Gasteiger partial charge >= 0.3 is 11.9 Å². The summed E-state index contributed by atoms with van der Waals surface area (Å²) in [6, 6.07) is 0. The number of hydrogen-bond acceptors (Lipinski definition) is 12. The van der Waals surface area contributed by atoms with Gasteiger partial charge in [-0.25, -0.2) is 10.4 Å². The van der Waals surface area contributed by atoms with Crippen LogP contribution < -0.4 is 5.43 Å². The Bertz CT molecular complexity index is 822. The van der Waals surface area contributed by atoms with E-state index in [-0.39, 0.29) is 34.5 Å². The van der Waals surface area contributed by atoms with Gasteiger partial charge in [-0.1, -0.05) is 48.0 Å². The molecule has 2 aliphatic heterocycles. The summed E-state index contributed by atoms with van der Waals surface area (Å²) < 4.78 is 10.4. The van der Waals surface area contributed by atoms with Crippen molar-refractivity contribution in [3.63, 3.8) is 0 Å². The number of hydrazone groups is 1. The molecule has 2 unspecified atom stereocenters. The van der Waals surface area contributed by atoms with Crippen molar-refractivity contribution in [3.05, 3.63) is 0 Å². The van der Waals surface area contributed by atoms with E-state index >= 15 is 0 Å². The molecule has 2 amide bonds. The molecule has 14 heteroatoms. The van der Waals surface area contributed by atoms with Crippen molar-refractivity contribution in [1.29, 1.82) is 0 Å². The summed E-state index contributed by atoms with van der Waals surface area (Å²) in [7, 11) is 0. The highest BCUT2D eigenvalue weighted by Gasteiger charge is 2.28. The molecule has 0 aliphatic carbocycles. The minimum Gasteiger partial charge on any atom is -0.465 e. The fourth-order valence-corrected chi connectivity index (χ4v) is 4.98. The predicted molar refractivity (Wildman–Crippen MR) is 137 cm³/mol. The minimum absolute atomic E-state index is 0.0615. The van der Waals surface area contributed by atoms with Gasteiger partial charge in [0.2, 0.25) is 5.91 Å². The number of thioether (sulfide) groups is 2. The second-order valence-electron chi connectivity index (χ2n) is 6.66. The van der Waals surface area contributed by atoms with Crippen LogP contribution in [0.15, 0.2) is 5.10 Å². The smallest absolute Gasteiger partial charge is 0.319 e. The van der Waals surface area contributed by atoms with Crippen LogP contribution in [0.1, 0.15) is 47.5 Å². The molecule has 10 nitrogen and oxygen atoms in total. The first-order chi connectivity index (χ1) is 15.5. The zero-order valence-electron chi connectivity index (χ0n) is 19.1. The molecule has 33 heavy (non-hydrogen) atoms. The first-order valence-corrected chi connectivity index (χ1v) is 12.8. The number of thiocarbonyl (C=S) groups is 2. The Hall–Kier alpha value is -1.61. The third-order valence-corrected chi connectivity index (χ3v) is 6.70. The molecular formula is C19H28N4O6S4. The maximum absolute atomic E-state index is 11.5. The third kappa shape index (κ3) is 9.65.